The van der Waals surface area contributed by atoms with Crippen molar-refractivity contribution in [3.05, 3.63) is 83.1 Å². The molecule has 0 atom stereocenters. The van der Waals surface area contributed by atoms with Crippen molar-refractivity contribution in [3.8, 4) is 11.9 Å². The van der Waals surface area contributed by atoms with Crippen LogP contribution in [-0.4, -0.2) is 20.7 Å². The third-order valence-corrected chi connectivity index (χ3v) is 4.42. The molecule has 1 N–H and O–H groups in total. The van der Waals surface area contributed by atoms with Crippen LogP contribution in [0.4, 0.5) is 14.6 Å². The van der Waals surface area contributed by atoms with E-state index in [-0.39, 0.29) is 16.9 Å². The molecule has 8 heteroatoms. The highest BCUT2D eigenvalue weighted by atomic mass is 19.1. The molecule has 2 aromatic carbocycles. The lowest BCUT2D eigenvalue weighted by molar-refractivity contribution is 0.102. The number of pyridine rings is 1. The third kappa shape index (κ3) is 3.30. The lowest BCUT2D eigenvalue weighted by Gasteiger charge is -2.11. The summed E-state index contributed by atoms with van der Waals surface area (Å²) in [5.41, 5.74) is 1.37. The first kappa shape index (κ1) is 18.3. The van der Waals surface area contributed by atoms with Crippen LogP contribution in [0.3, 0.4) is 0 Å². The van der Waals surface area contributed by atoms with Crippen molar-refractivity contribution in [2.45, 2.75) is 6.92 Å². The van der Waals surface area contributed by atoms with Crippen molar-refractivity contribution in [3.63, 3.8) is 0 Å². The van der Waals surface area contributed by atoms with E-state index in [1.807, 2.05) is 37.3 Å². The smallest absolute Gasteiger partial charge is 0.259 e. The van der Waals surface area contributed by atoms with Crippen molar-refractivity contribution in [1.29, 1.82) is 5.26 Å². The number of halogens is 2. The summed E-state index contributed by atoms with van der Waals surface area (Å²) in [6, 6.07) is 13.9. The van der Waals surface area contributed by atoms with Crippen LogP contribution in [0.2, 0.25) is 0 Å². The summed E-state index contributed by atoms with van der Waals surface area (Å²) in [5.74, 6) is -2.20. The molecule has 1 amide bonds. The molecule has 29 heavy (non-hydrogen) atoms. The standard InChI is InChI=1S/C21H13F2N5O/c1-12-8-19(26-18-5-3-2-4-15(12)18)28-20(13(10-24)11-25-28)27-21(29)16-7-6-14(22)9-17(16)23/h2-9,11H,1H3,(H,27,29). The Morgan fingerprint density at radius 1 is 1.17 bits per heavy atom. The Bertz CT molecular complexity index is 1310. The fraction of sp³-hybridized carbons (Fsp3) is 0.0476. The number of nitriles is 1. The largest absolute Gasteiger partial charge is 0.305 e. The van der Waals surface area contributed by atoms with Gasteiger partial charge in [0, 0.05) is 11.5 Å². The Balaban J connectivity index is 1.79. The molecule has 0 fully saturated rings. The second-order valence-electron chi connectivity index (χ2n) is 6.32. The number of anilines is 1. The van der Waals surface area contributed by atoms with Crippen LogP contribution in [-0.2, 0) is 0 Å². The molecule has 0 saturated carbocycles. The van der Waals surface area contributed by atoms with Gasteiger partial charge in [-0.25, -0.2) is 13.8 Å². The molecular weight excluding hydrogens is 376 g/mol. The Hall–Kier alpha value is -4.12. The number of hydrogen-bond acceptors (Lipinski definition) is 4. The number of carbonyl (C=O) groups is 1. The monoisotopic (exact) mass is 389 g/mol. The van der Waals surface area contributed by atoms with Gasteiger partial charge in [0.05, 0.1) is 17.3 Å². The second-order valence-corrected chi connectivity index (χ2v) is 6.32. The third-order valence-electron chi connectivity index (χ3n) is 4.42. The molecule has 0 saturated heterocycles. The molecule has 0 bridgehead atoms. The zero-order chi connectivity index (χ0) is 20.5. The molecule has 4 aromatic rings. The van der Waals surface area contributed by atoms with Crippen molar-refractivity contribution in [2.24, 2.45) is 0 Å². The maximum Gasteiger partial charge on any atom is 0.259 e. The van der Waals surface area contributed by atoms with E-state index in [2.05, 4.69) is 15.4 Å². The number of fused-ring (bicyclic) bond motifs is 1. The first-order valence-corrected chi connectivity index (χ1v) is 8.59. The second kappa shape index (κ2) is 7.13. The van der Waals surface area contributed by atoms with E-state index < -0.39 is 17.5 Å². The topological polar surface area (TPSA) is 83.6 Å². The fourth-order valence-corrected chi connectivity index (χ4v) is 3.01. The summed E-state index contributed by atoms with van der Waals surface area (Å²) >= 11 is 0. The normalized spacial score (nSPS) is 10.7. The molecule has 0 aliphatic heterocycles. The Kier molecular flexibility index (Phi) is 4.49. The van der Waals surface area contributed by atoms with E-state index in [0.717, 1.165) is 28.6 Å². The van der Waals surface area contributed by atoms with E-state index in [4.69, 9.17) is 0 Å². The predicted octanol–water partition coefficient (Wildman–Crippen LogP) is 4.13. The number of aromatic nitrogens is 3. The van der Waals surface area contributed by atoms with E-state index in [0.29, 0.717) is 11.9 Å². The van der Waals surface area contributed by atoms with Crippen molar-refractivity contribution < 1.29 is 13.6 Å². The number of aryl methyl sites for hydroxylation is 1. The van der Waals surface area contributed by atoms with Crippen LogP contribution in [0.1, 0.15) is 21.5 Å². The molecular formula is C21H13F2N5O. The van der Waals surface area contributed by atoms with Crippen molar-refractivity contribution in [2.75, 3.05) is 5.32 Å². The van der Waals surface area contributed by atoms with Gasteiger partial charge in [0.15, 0.2) is 11.6 Å². The highest BCUT2D eigenvalue weighted by molar-refractivity contribution is 6.04. The summed E-state index contributed by atoms with van der Waals surface area (Å²) in [6.07, 6.45) is 1.28. The zero-order valence-electron chi connectivity index (χ0n) is 15.1. The average molecular weight is 389 g/mol. The molecule has 0 aliphatic carbocycles. The highest BCUT2D eigenvalue weighted by Crippen LogP contribution is 2.24. The number of benzene rings is 2. The molecule has 4 rings (SSSR count). The number of hydrogen-bond donors (Lipinski definition) is 1. The molecule has 142 valence electrons. The van der Waals surface area contributed by atoms with Crippen LogP contribution in [0.15, 0.2) is 54.7 Å². The molecule has 2 heterocycles. The van der Waals surface area contributed by atoms with Gasteiger partial charge in [-0.1, -0.05) is 18.2 Å². The molecule has 2 aromatic heterocycles. The summed E-state index contributed by atoms with van der Waals surface area (Å²) in [4.78, 5) is 17.1. The minimum absolute atomic E-state index is 0.0448. The molecule has 6 nitrogen and oxygen atoms in total. The lowest BCUT2D eigenvalue weighted by Crippen LogP contribution is -2.18. The summed E-state index contributed by atoms with van der Waals surface area (Å²) in [6.45, 7) is 1.91. The Labute approximate surface area is 164 Å². The van der Waals surface area contributed by atoms with E-state index >= 15 is 0 Å². The van der Waals surface area contributed by atoms with Crippen LogP contribution < -0.4 is 5.32 Å². The fourth-order valence-electron chi connectivity index (χ4n) is 3.01. The Morgan fingerprint density at radius 3 is 2.72 bits per heavy atom. The van der Waals surface area contributed by atoms with Crippen molar-refractivity contribution in [1.82, 2.24) is 14.8 Å². The van der Waals surface area contributed by atoms with Gasteiger partial charge in [-0.2, -0.15) is 15.0 Å². The average Bonchev–Trinajstić information content (AvgIpc) is 3.10. The van der Waals surface area contributed by atoms with Crippen LogP contribution in [0.5, 0.6) is 0 Å². The zero-order valence-corrected chi connectivity index (χ0v) is 15.1. The highest BCUT2D eigenvalue weighted by Gasteiger charge is 2.20. The SMILES string of the molecule is Cc1cc(-n2ncc(C#N)c2NC(=O)c2ccc(F)cc2F)nc2ccccc12. The lowest BCUT2D eigenvalue weighted by atomic mass is 10.1. The minimum Gasteiger partial charge on any atom is -0.305 e. The molecule has 0 spiro atoms. The number of nitrogens with one attached hydrogen (secondary N) is 1. The van der Waals surface area contributed by atoms with Crippen molar-refractivity contribution >= 4 is 22.6 Å². The van der Waals surface area contributed by atoms with Gasteiger partial charge >= 0.3 is 0 Å². The first-order valence-electron chi connectivity index (χ1n) is 8.59. The number of rotatable bonds is 3. The first-order chi connectivity index (χ1) is 14.0. The summed E-state index contributed by atoms with van der Waals surface area (Å²) in [7, 11) is 0. The van der Waals surface area contributed by atoms with Gasteiger partial charge in [-0.3, -0.25) is 4.79 Å². The van der Waals surface area contributed by atoms with Gasteiger partial charge < -0.3 is 5.32 Å². The number of amides is 1. The van der Waals surface area contributed by atoms with Crippen LogP contribution >= 0.6 is 0 Å². The van der Waals surface area contributed by atoms with E-state index in [1.54, 1.807) is 6.07 Å². The summed E-state index contributed by atoms with van der Waals surface area (Å²) in [5, 5.41) is 17.0. The van der Waals surface area contributed by atoms with Crippen LogP contribution in [0, 0.1) is 29.9 Å². The summed E-state index contributed by atoms with van der Waals surface area (Å²) < 4.78 is 28.4. The van der Waals surface area contributed by atoms with E-state index in [1.165, 1.54) is 10.9 Å². The number of nitrogens with zero attached hydrogens (tertiary/aromatic N) is 4. The van der Waals surface area contributed by atoms with Gasteiger partial charge in [0.2, 0.25) is 0 Å². The molecule has 0 radical (unpaired) electrons. The van der Waals surface area contributed by atoms with Gasteiger partial charge in [-0.15, -0.1) is 0 Å². The maximum absolute atomic E-state index is 14.0. The molecule has 0 aliphatic rings. The van der Waals surface area contributed by atoms with Gasteiger partial charge in [0.1, 0.15) is 23.3 Å². The Morgan fingerprint density at radius 2 is 1.97 bits per heavy atom. The van der Waals surface area contributed by atoms with Gasteiger partial charge in [0.25, 0.3) is 5.91 Å². The maximum atomic E-state index is 14.0. The van der Waals surface area contributed by atoms with Gasteiger partial charge in [-0.05, 0) is 36.8 Å². The predicted molar refractivity (Wildman–Crippen MR) is 103 cm³/mol. The van der Waals surface area contributed by atoms with E-state index in [9.17, 15) is 18.8 Å². The molecule has 0 unspecified atom stereocenters. The number of para-hydroxylation sites is 1. The minimum atomic E-state index is -1.01. The quantitative estimate of drug-likeness (QED) is 0.571. The van der Waals surface area contributed by atoms with Crippen LogP contribution in [0.25, 0.3) is 16.7 Å². The number of carbonyl (C=O) groups excluding carboxylic acids is 1.